The predicted molar refractivity (Wildman–Crippen MR) is 49.6 cm³/mol. The van der Waals surface area contributed by atoms with Crippen molar-refractivity contribution in [2.45, 2.75) is 32.1 Å². The molecule has 1 aliphatic rings. The van der Waals surface area contributed by atoms with Gasteiger partial charge in [0.05, 0.1) is 0 Å². The second kappa shape index (κ2) is 4.48. The number of carbonyl (C=O) groups is 1. The fourth-order valence-electron chi connectivity index (χ4n) is 1.71. The van der Waals surface area contributed by atoms with Gasteiger partial charge in [0, 0.05) is 20.0 Å². The van der Waals surface area contributed by atoms with E-state index < -0.39 is 0 Å². The molecule has 0 aromatic rings. The Kier molecular flexibility index (Phi) is 3.57. The fourth-order valence-corrected chi connectivity index (χ4v) is 1.71. The first-order valence-corrected chi connectivity index (χ1v) is 4.74. The number of nitrogens with zero attached hydrogens (tertiary/aromatic N) is 1. The lowest BCUT2D eigenvalue weighted by molar-refractivity contribution is -0.133. The van der Waals surface area contributed by atoms with Gasteiger partial charge in [-0.15, -0.1) is 0 Å². The lowest BCUT2D eigenvalue weighted by Crippen LogP contribution is -2.29. The molecular formula is C10H18NO. The van der Waals surface area contributed by atoms with Crippen molar-refractivity contribution in [1.29, 1.82) is 0 Å². The minimum Gasteiger partial charge on any atom is -0.349 e. The molecule has 0 N–H and O–H groups in total. The van der Waals surface area contributed by atoms with Gasteiger partial charge in [0.25, 0.3) is 0 Å². The van der Waals surface area contributed by atoms with Crippen LogP contribution in [-0.4, -0.2) is 24.9 Å². The quantitative estimate of drug-likeness (QED) is 0.547. The summed E-state index contributed by atoms with van der Waals surface area (Å²) in [6.45, 7) is 0. The Morgan fingerprint density at radius 3 is 2.83 bits per heavy atom. The summed E-state index contributed by atoms with van der Waals surface area (Å²) in [7, 11) is 3.68. The highest BCUT2D eigenvalue weighted by molar-refractivity contribution is 5.78. The maximum Gasteiger partial charge on any atom is 0.225 e. The van der Waals surface area contributed by atoms with Crippen molar-refractivity contribution in [2.24, 2.45) is 5.92 Å². The first-order valence-electron chi connectivity index (χ1n) is 4.74. The van der Waals surface area contributed by atoms with Gasteiger partial charge in [-0.2, -0.15) is 0 Å². The van der Waals surface area contributed by atoms with Crippen LogP contribution in [0.25, 0.3) is 0 Å². The molecule has 1 radical (unpaired) electrons. The molecule has 1 saturated carbocycles. The first-order chi connectivity index (χ1) is 5.72. The molecule has 0 heterocycles. The summed E-state index contributed by atoms with van der Waals surface area (Å²) in [4.78, 5) is 13.3. The standard InChI is InChI=1S/C10H18NO/c1-11(2)10(12)9-7-5-3-4-6-8-9/h5,9H,3-4,6-8H2,1-2H3. The van der Waals surface area contributed by atoms with E-state index in [9.17, 15) is 4.79 Å². The van der Waals surface area contributed by atoms with Gasteiger partial charge in [0.15, 0.2) is 0 Å². The van der Waals surface area contributed by atoms with Crippen LogP contribution >= 0.6 is 0 Å². The molecule has 1 atom stereocenters. The molecule has 0 aliphatic heterocycles. The van der Waals surface area contributed by atoms with E-state index in [2.05, 4.69) is 6.42 Å². The molecule has 0 aromatic heterocycles. The first kappa shape index (κ1) is 9.56. The molecule has 1 rings (SSSR count). The van der Waals surface area contributed by atoms with Crippen molar-refractivity contribution < 1.29 is 4.79 Å². The summed E-state index contributed by atoms with van der Waals surface area (Å²) in [5.74, 6) is 0.565. The minimum absolute atomic E-state index is 0.266. The van der Waals surface area contributed by atoms with Crippen molar-refractivity contribution in [2.75, 3.05) is 14.1 Å². The van der Waals surface area contributed by atoms with Gasteiger partial charge in [-0.3, -0.25) is 4.79 Å². The minimum atomic E-state index is 0.266. The average Bonchev–Trinajstić information content (AvgIpc) is 2.30. The van der Waals surface area contributed by atoms with Crippen molar-refractivity contribution in [3.05, 3.63) is 6.42 Å². The number of rotatable bonds is 1. The Morgan fingerprint density at radius 1 is 1.42 bits per heavy atom. The molecule has 0 aromatic carbocycles. The highest BCUT2D eigenvalue weighted by Gasteiger charge is 2.20. The molecule has 2 heteroatoms. The lowest BCUT2D eigenvalue weighted by atomic mass is 9.99. The van der Waals surface area contributed by atoms with E-state index in [0.717, 1.165) is 12.8 Å². The summed E-state index contributed by atoms with van der Waals surface area (Å²) in [5.41, 5.74) is 0. The number of hydrogen-bond donors (Lipinski definition) is 0. The van der Waals surface area contributed by atoms with Gasteiger partial charge in [-0.25, -0.2) is 0 Å². The molecule has 2 nitrogen and oxygen atoms in total. The Bertz CT molecular complexity index is 146. The smallest absolute Gasteiger partial charge is 0.225 e. The van der Waals surface area contributed by atoms with E-state index in [1.54, 1.807) is 4.90 Å². The zero-order valence-electron chi connectivity index (χ0n) is 8.05. The highest BCUT2D eigenvalue weighted by atomic mass is 16.2. The third kappa shape index (κ3) is 2.50. The zero-order valence-corrected chi connectivity index (χ0v) is 8.05. The second-order valence-electron chi connectivity index (χ2n) is 3.74. The highest BCUT2D eigenvalue weighted by Crippen LogP contribution is 2.23. The van der Waals surface area contributed by atoms with Gasteiger partial charge in [-0.05, 0) is 19.3 Å². The summed E-state index contributed by atoms with van der Waals surface area (Å²) < 4.78 is 0. The zero-order chi connectivity index (χ0) is 8.97. The van der Waals surface area contributed by atoms with Crippen LogP contribution in [0.3, 0.4) is 0 Å². The average molecular weight is 168 g/mol. The maximum atomic E-state index is 11.6. The second-order valence-corrected chi connectivity index (χ2v) is 3.74. The van der Waals surface area contributed by atoms with Crippen LogP contribution in [0.2, 0.25) is 0 Å². The van der Waals surface area contributed by atoms with Crippen molar-refractivity contribution in [1.82, 2.24) is 4.90 Å². The van der Waals surface area contributed by atoms with Crippen molar-refractivity contribution >= 4 is 5.91 Å². The summed E-state index contributed by atoms with van der Waals surface area (Å²) >= 11 is 0. The van der Waals surface area contributed by atoms with Crippen molar-refractivity contribution in [3.63, 3.8) is 0 Å². The van der Waals surface area contributed by atoms with Crippen LogP contribution in [0.4, 0.5) is 0 Å². The topological polar surface area (TPSA) is 20.3 Å². The summed E-state index contributed by atoms with van der Waals surface area (Å²) in [6, 6.07) is 0. The van der Waals surface area contributed by atoms with Gasteiger partial charge in [-0.1, -0.05) is 19.3 Å². The third-order valence-corrected chi connectivity index (χ3v) is 2.45. The normalized spacial score (nSPS) is 20.2. The summed E-state index contributed by atoms with van der Waals surface area (Å²) in [5, 5.41) is 0. The Labute approximate surface area is 74.9 Å². The molecule has 0 spiro atoms. The number of hydrogen-bond acceptors (Lipinski definition) is 1. The fraction of sp³-hybridized carbons (Fsp3) is 0.800. The largest absolute Gasteiger partial charge is 0.349 e. The van der Waals surface area contributed by atoms with Gasteiger partial charge >= 0.3 is 0 Å². The van der Waals surface area contributed by atoms with E-state index in [4.69, 9.17) is 0 Å². The van der Waals surface area contributed by atoms with Gasteiger partial charge in [0.2, 0.25) is 5.91 Å². The maximum absolute atomic E-state index is 11.6. The summed E-state index contributed by atoms with van der Waals surface area (Å²) in [6.07, 6.45) is 7.98. The number of carbonyl (C=O) groups excluding carboxylic acids is 1. The third-order valence-electron chi connectivity index (χ3n) is 2.45. The van der Waals surface area contributed by atoms with E-state index >= 15 is 0 Å². The van der Waals surface area contributed by atoms with Crippen LogP contribution < -0.4 is 0 Å². The molecule has 1 fully saturated rings. The molecule has 12 heavy (non-hydrogen) atoms. The van der Waals surface area contributed by atoms with Crippen LogP contribution in [0, 0.1) is 12.3 Å². The lowest BCUT2D eigenvalue weighted by Gasteiger charge is -2.18. The van der Waals surface area contributed by atoms with Crippen LogP contribution in [0.1, 0.15) is 32.1 Å². The van der Waals surface area contributed by atoms with Gasteiger partial charge < -0.3 is 4.90 Å². The Balaban J connectivity index is 2.43. The van der Waals surface area contributed by atoms with E-state index in [1.807, 2.05) is 14.1 Å². The molecule has 1 aliphatic carbocycles. The molecular weight excluding hydrogens is 150 g/mol. The monoisotopic (exact) mass is 168 g/mol. The van der Waals surface area contributed by atoms with E-state index in [0.29, 0.717) is 5.91 Å². The molecule has 0 saturated heterocycles. The van der Waals surface area contributed by atoms with E-state index in [-0.39, 0.29) is 5.92 Å². The molecule has 69 valence electrons. The molecule has 0 bridgehead atoms. The molecule has 1 amide bonds. The van der Waals surface area contributed by atoms with Crippen LogP contribution in [0.15, 0.2) is 0 Å². The Morgan fingerprint density at radius 2 is 2.17 bits per heavy atom. The Hall–Kier alpha value is -0.530. The predicted octanol–water partition coefficient (Wildman–Crippen LogP) is 1.86. The van der Waals surface area contributed by atoms with E-state index in [1.165, 1.54) is 19.3 Å². The van der Waals surface area contributed by atoms with Crippen molar-refractivity contribution in [3.8, 4) is 0 Å². The SMILES string of the molecule is CN(C)C(=O)C1C[CH]CCCC1. The van der Waals surface area contributed by atoms with Crippen LogP contribution in [0.5, 0.6) is 0 Å². The number of amides is 1. The molecule has 1 unspecified atom stereocenters. The van der Waals surface area contributed by atoms with Gasteiger partial charge in [0.1, 0.15) is 0 Å². The van der Waals surface area contributed by atoms with Crippen LogP contribution in [-0.2, 0) is 4.79 Å².